The molecule has 0 fully saturated rings. The van der Waals surface area contributed by atoms with Crippen LogP contribution in [0.3, 0.4) is 0 Å². The summed E-state index contributed by atoms with van der Waals surface area (Å²) in [6.07, 6.45) is 0.989. The van der Waals surface area contributed by atoms with Crippen molar-refractivity contribution in [1.29, 1.82) is 0 Å². The molecule has 0 atom stereocenters. The Morgan fingerprint density at radius 3 is 3.10 bits per heavy atom. The van der Waals surface area contributed by atoms with Crippen molar-refractivity contribution in [1.82, 2.24) is 4.90 Å². The van der Waals surface area contributed by atoms with Crippen molar-refractivity contribution in [3.63, 3.8) is 0 Å². The molecular weight excluding hydrogens is 311 g/mol. The van der Waals surface area contributed by atoms with Gasteiger partial charge in [-0.15, -0.1) is 11.3 Å². The third kappa shape index (κ3) is 3.43. The van der Waals surface area contributed by atoms with Crippen LogP contribution < -0.4 is 5.32 Å². The van der Waals surface area contributed by atoms with Gasteiger partial charge in [0.25, 0.3) is 0 Å². The van der Waals surface area contributed by atoms with Gasteiger partial charge < -0.3 is 5.32 Å². The summed E-state index contributed by atoms with van der Waals surface area (Å²) in [5.74, 6) is -0.605. The molecule has 0 radical (unpaired) electrons. The molecule has 1 aliphatic rings. The number of anilines is 1. The largest absolute Gasteiger partial charge is 0.325 e. The highest BCUT2D eigenvalue weighted by Gasteiger charge is 2.19. The second-order valence-electron chi connectivity index (χ2n) is 5.01. The highest BCUT2D eigenvalue weighted by molar-refractivity contribution is 7.10. The number of nitrogens with one attached hydrogen (secondary N) is 1. The highest BCUT2D eigenvalue weighted by atomic mass is 35.5. The number of benzene rings is 1. The number of thiophene rings is 1. The molecule has 1 aromatic carbocycles. The van der Waals surface area contributed by atoms with Crippen molar-refractivity contribution in [3.8, 4) is 0 Å². The molecule has 1 aromatic heterocycles. The minimum atomic E-state index is -0.490. The van der Waals surface area contributed by atoms with Crippen LogP contribution in [0.5, 0.6) is 0 Å². The van der Waals surface area contributed by atoms with Gasteiger partial charge >= 0.3 is 0 Å². The normalized spacial score (nSPS) is 14.8. The molecule has 21 heavy (non-hydrogen) atoms. The fraction of sp³-hybridized carbons (Fsp3) is 0.267. The van der Waals surface area contributed by atoms with Crippen LogP contribution in [0.15, 0.2) is 29.6 Å². The first-order valence-corrected chi connectivity index (χ1v) is 7.90. The van der Waals surface area contributed by atoms with E-state index in [9.17, 15) is 9.18 Å². The minimum absolute atomic E-state index is 0.00804. The maximum atomic E-state index is 13.1. The van der Waals surface area contributed by atoms with E-state index >= 15 is 0 Å². The topological polar surface area (TPSA) is 32.3 Å². The number of amides is 1. The first kappa shape index (κ1) is 14.5. The molecule has 0 bridgehead atoms. The molecule has 0 saturated carbocycles. The molecule has 0 spiro atoms. The lowest BCUT2D eigenvalue weighted by Crippen LogP contribution is -2.36. The summed E-state index contributed by atoms with van der Waals surface area (Å²) < 4.78 is 13.1. The summed E-state index contributed by atoms with van der Waals surface area (Å²) in [5, 5.41) is 4.85. The molecule has 3 rings (SSSR count). The molecule has 1 N–H and O–H groups in total. The average Bonchev–Trinajstić information content (AvgIpc) is 2.90. The Balaban J connectivity index is 1.58. The Morgan fingerprint density at radius 1 is 1.43 bits per heavy atom. The maximum absolute atomic E-state index is 13.1. The molecule has 1 amide bonds. The lowest BCUT2D eigenvalue weighted by Gasteiger charge is -2.26. The predicted octanol–water partition coefficient (Wildman–Crippen LogP) is 3.54. The van der Waals surface area contributed by atoms with E-state index in [1.807, 2.05) is 0 Å². The van der Waals surface area contributed by atoms with Crippen LogP contribution in [0.25, 0.3) is 0 Å². The van der Waals surface area contributed by atoms with E-state index in [2.05, 4.69) is 21.7 Å². The van der Waals surface area contributed by atoms with Crippen molar-refractivity contribution in [3.05, 3.63) is 50.9 Å². The van der Waals surface area contributed by atoms with Gasteiger partial charge in [0.15, 0.2) is 0 Å². The van der Waals surface area contributed by atoms with Crippen LogP contribution in [0.4, 0.5) is 10.1 Å². The van der Waals surface area contributed by atoms with Gasteiger partial charge in [-0.2, -0.15) is 0 Å². The summed E-state index contributed by atoms with van der Waals surface area (Å²) >= 11 is 7.47. The van der Waals surface area contributed by atoms with Crippen LogP contribution in [-0.2, 0) is 17.8 Å². The van der Waals surface area contributed by atoms with Gasteiger partial charge in [0.05, 0.1) is 11.6 Å². The number of rotatable bonds is 3. The van der Waals surface area contributed by atoms with Crippen LogP contribution in [-0.4, -0.2) is 23.9 Å². The minimum Gasteiger partial charge on any atom is -0.325 e. The second-order valence-corrected chi connectivity index (χ2v) is 6.41. The summed E-state index contributed by atoms with van der Waals surface area (Å²) in [6, 6.07) is 6.29. The van der Waals surface area contributed by atoms with Crippen LogP contribution in [0, 0.1) is 5.82 Å². The number of halogens is 2. The lowest BCUT2D eigenvalue weighted by molar-refractivity contribution is -0.117. The summed E-state index contributed by atoms with van der Waals surface area (Å²) in [5.41, 5.74) is 1.82. The Hall–Kier alpha value is -1.43. The van der Waals surface area contributed by atoms with Crippen LogP contribution in [0.2, 0.25) is 5.02 Å². The van der Waals surface area contributed by atoms with E-state index in [4.69, 9.17) is 11.6 Å². The smallest absolute Gasteiger partial charge is 0.238 e. The van der Waals surface area contributed by atoms with E-state index < -0.39 is 5.82 Å². The van der Waals surface area contributed by atoms with Gasteiger partial charge in [-0.05, 0) is 41.6 Å². The first-order valence-electron chi connectivity index (χ1n) is 6.64. The van der Waals surface area contributed by atoms with E-state index in [-0.39, 0.29) is 10.9 Å². The van der Waals surface area contributed by atoms with Gasteiger partial charge in [-0.1, -0.05) is 11.6 Å². The molecule has 0 unspecified atom stereocenters. The molecule has 2 heterocycles. The molecule has 0 saturated heterocycles. The number of carbonyl (C=O) groups is 1. The van der Waals surface area contributed by atoms with Gasteiger partial charge in [0.1, 0.15) is 5.82 Å². The number of fused-ring (bicyclic) bond motifs is 1. The first-order chi connectivity index (χ1) is 10.1. The van der Waals surface area contributed by atoms with E-state index in [0.29, 0.717) is 12.2 Å². The van der Waals surface area contributed by atoms with E-state index in [0.717, 1.165) is 19.5 Å². The fourth-order valence-corrected chi connectivity index (χ4v) is 3.49. The molecular formula is C15H14ClFN2OS. The van der Waals surface area contributed by atoms with Crippen molar-refractivity contribution >= 4 is 34.5 Å². The third-order valence-electron chi connectivity index (χ3n) is 3.46. The van der Waals surface area contributed by atoms with Gasteiger partial charge in [-0.3, -0.25) is 9.69 Å². The van der Waals surface area contributed by atoms with Gasteiger partial charge in [0.2, 0.25) is 5.91 Å². The average molecular weight is 325 g/mol. The Bertz CT molecular complexity index is 673. The molecule has 6 heteroatoms. The predicted molar refractivity (Wildman–Crippen MR) is 83.3 cm³/mol. The number of carbonyl (C=O) groups excluding carboxylic acids is 1. The zero-order chi connectivity index (χ0) is 14.8. The Kier molecular flexibility index (Phi) is 4.24. The SMILES string of the molecule is O=C(CN1CCc2sccc2C1)Nc1ccc(F)c(Cl)c1. The monoisotopic (exact) mass is 324 g/mol. The second kappa shape index (κ2) is 6.13. The van der Waals surface area contributed by atoms with E-state index in [1.165, 1.54) is 28.6 Å². The molecule has 3 nitrogen and oxygen atoms in total. The van der Waals surface area contributed by atoms with Gasteiger partial charge in [0, 0.05) is 23.7 Å². The van der Waals surface area contributed by atoms with Crippen molar-refractivity contribution in [2.75, 3.05) is 18.4 Å². The zero-order valence-corrected chi connectivity index (χ0v) is 12.8. The standard InChI is InChI=1S/C15H14ClFN2OS/c16-12-7-11(1-2-13(12)17)18-15(20)9-19-5-3-14-10(8-19)4-6-21-14/h1-2,4,6-7H,3,5,8-9H2,(H,18,20). The molecule has 1 aliphatic heterocycles. The third-order valence-corrected chi connectivity index (χ3v) is 4.77. The van der Waals surface area contributed by atoms with Gasteiger partial charge in [-0.25, -0.2) is 4.39 Å². The van der Waals surface area contributed by atoms with Crippen molar-refractivity contribution in [2.24, 2.45) is 0 Å². The summed E-state index contributed by atoms with van der Waals surface area (Å²) in [6.45, 7) is 2.01. The van der Waals surface area contributed by atoms with Crippen molar-refractivity contribution in [2.45, 2.75) is 13.0 Å². The Labute approximate surface area is 131 Å². The molecule has 0 aliphatic carbocycles. The number of hydrogen-bond acceptors (Lipinski definition) is 3. The highest BCUT2D eigenvalue weighted by Crippen LogP contribution is 2.24. The van der Waals surface area contributed by atoms with Crippen LogP contribution in [0.1, 0.15) is 10.4 Å². The quantitative estimate of drug-likeness (QED) is 0.936. The summed E-state index contributed by atoms with van der Waals surface area (Å²) in [7, 11) is 0. The Morgan fingerprint density at radius 2 is 2.29 bits per heavy atom. The van der Waals surface area contributed by atoms with Crippen molar-refractivity contribution < 1.29 is 9.18 Å². The summed E-state index contributed by atoms with van der Waals surface area (Å²) in [4.78, 5) is 15.6. The lowest BCUT2D eigenvalue weighted by atomic mass is 10.1. The zero-order valence-electron chi connectivity index (χ0n) is 11.2. The van der Waals surface area contributed by atoms with Crippen LogP contribution >= 0.6 is 22.9 Å². The fourth-order valence-electron chi connectivity index (χ4n) is 2.42. The number of hydrogen-bond donors (Lipinski definition) is 1. The maximum Gasteiger partial charge on any atom is 0.238 e. The van der Waals surface area contributed by atoms with E-state index in [1.54, 1.807) is 11.3 Å². The number of nitrogens with zero attached hydrogens (tertiary/aromatic N) is 1. The molecule has 2 aromatic rings. The molecule has 110 valence electrons.